The number of nitrogens with zero attached hydrogens (tertiary/aromatic N) is 1. The maximum absolute atomic E-state index is 13.3. The summed E-state index contributed by atoms with van der Waals surface area (Å²) in [6.07, 6.45) is -3.85. The third-order valence-electron chi connectivity index (χ3n) is 4.48. The maximum Gasteiger partial charge on any atom is 0.416 e. The van der Waals surface area contributed by atoms with Crippen LogP contribution in [0.2, 0.25) is 0 Å². The molecule has 3 atom stereocenters. The minimum atomic E-state index is -4.57. The number of hydrogen-bond donors (Lipinski definition) is 1. The van der Waals surface area contributed by atoms with Gasteiger partial charge >= 0.3 is 6.18 Å². The Balaban J connectivity index is 2.00. The maximum atomic E-state index is 13.3. The first-order valence-corrected chi connectivity index (χ1v) is 7.55. The van der Waals surface area contributed by atoms with Crippen LogP contribution in [0.3, 0.4) is 0 Å². The third kappa shape index (κ3) is 2.92. The molecule has 1 heterocycles. The lowest BCUT2D eigenvalue weighted by atomic mass is 9.96. The SMILES string of the molecule is C[C@@H]1C[C@H]1C(=O)N1CCNC(=O)[C@@H]1c1ccccc1C(F)(F)F. The lowest BCUT2D eigenvalue weighted by molar-refractivity contribution is -0.147. The Bertz CT molecular complexity index is 644. The molecule has 2 fully saturated rings. The van der Waals surface area contributed by atoms with E-state index in [1.165, 1.54) is 23.1 Å². The molecule has 0 spiro atoms. The standard InChI is InChI=1S/C16H17F3N2O2/c1-9-8-11(9)15(23)21-7-6-20-14(22)13(21)10-4-2-3-5-12(10)16(17,18)19/h2-5,9,11,13H,6-8H2,1H3,(H,20,22)/t9-,11-,13+/m1/s1. The molecule has 1 aliphatic carbocycles. The lowest BCUT2D eigenvalue weighted by Crippen LogP contribution is -2.53. The van der Waals surface area contributed by atoms with Gasteiger partial charge < -0.3 is 10.2 Å². The van der Waals surface area contributed by atoms with Crippen LogP contribution in [0.15, 0.2) is 24.3 Å². The van der Waals surface area contributed by atoms with E-state index in [9.17, 15) is 22.8 Å². The van der Waals surface area contributed by atoms with Crippen molar-refractivity contribution in [1.82, 2.24) is 10.2 Å². The Hall–Kier alpha value is -2.05. The molecule has 0 bridgehead atoms. The molecule has 1 aromatic carbocycles. The number of halogens is 3. The van der Waals surface area contributed by atoms with Crippen LogP contribution in [0.1, 0.15) is 30.5 Å². The molecule has 0 radical (unpaired) electrons. The molecule has 4 nitrogen and oxygen atoms in total. The van der Waals surface area contributed by atoms with Crippen LogP contribution >= 0.6 is 0 Å². The smallest absolute Gasteiger partial charge is 0.352 e. The van der Waals surface area contributed by atoms with Gasteiger partial charge in [-0.2, -0.15) is 13.2 Å². The van der Waals surface area contributed by atoms with Crippen molar-refractivity contribution < 1.29 is 22.8 Å². The number of carbonyl (C=O) groups is 2. The van der Waals surface area contributed by atoms with Gasteiger partial charge in [0.2, 0.25) is 11.8 Å². The van der Waals surface area contributed by atoms with Crippen LogP contribution in [-0.2, 0) is 15.8 Å². The highest BCUT2D eigenvalue weighted by Crippen LogP contribution is 2.42. The van der Waals surface area contributed by atoms with Gasteiger partial charge in [0, 0.05) is 19.0 Å². The Morgan fingerprint density at radius 2 is 1.96 bits per heavy atom. The fourth-order valence-electron chi connectivity index (χ4n) is 3.09. The van der Waals surface area contributed by atoms with Crippen molar-refractivity contribution in [2.45, 2.75) is 25.6 Å². The second kappa shape index (κ2) is 5.54. The van der Waals surface area contributed by atoms with E-state index in [2.05, 4.69) is 5.32 Å². The summed E-state index contributed by atoms with van der Waals surface area (Å²) >= 11 is 0. The summed E-state index contributed by atoms with van der Waals surface area (Å²) in [5.41, 5.74) is -1.04. The first-order chi connectivity index (χ1) is 10.8. The summed E-state index contributed by atoms with van der Waals surface area (Å²) in [5.74, 6) is -0.739. The highest BCUT2D eigenvalue weighted by atomic mass is 19.4. The second-order valence-electron chi connectivity index (χ2n) is 6.13. The lowest BCUT2D eigenvalue weighted by Gasteiger charge is -2.36. The molecule has 124 valence electrons. The van der Waals surface area contributed by atoms with Crippen LogP contribution in [0.5, 0.6) is 0 Å². The number of amides is 2. The Morgan fingerprint density at radius 3 is 2.57 bits per heavy atom. The molecule has 1 aromatic rings. The zero-order chi connectivity index (χ0) is 16.8. The van der Waals surface area contributed by atoms with Crippen molar-refractivity contribution in [3.05, 3.63) is 35.4 Å². The largest absolute Gasteiger partial charge is 0.416 e. The van der Waals surface area contributed by atoms with Crippen molar-refractivity contribution in [1.29, 1.82) is 0 Å². The van der Waals surface area contributed by atoms with Crippen LogP contribution in [0.25, 0.3) is 0 Å². The second-order valence-corrected chi connectivity index (χ2v) is 6.13. The average molecular weight is 326 g/mol. The van der Waals surface area contributed by atoms with E-state index >= 15 is 0 Å². The van der Waals surface area contributed by atoms with Gasteiger partial charge in [-0.1, -0.05) is 25.1 Å². The minimum Gasteiger partial charge on any atom is -0.352 e. The fourth-order valence-corrected chi connectivity index (χ4v) is 3.09. The third-order valence-corrected chi connectivity index (χ3v) is 4.48. The molecule has 7 heteroatoms. The van der Waals surface area contributed by atoms with E-state index in [1.54, 1.807) is 0 Å². The molecular formula is C16H17F3N2O2. The molecule has 0 aromatic heterocycles. The van der Waals surface area contributed by atoms with Gasteiger partial charge in [-0.3, -0.25) is 9.59 Å². The van der Waals surface area contributed by atoms with E-state index in [1.807, 2.05) is 6.92 Å². The van der Waals surface area contributed by atoms with E-state index in [-0.39, 0.29) is 36.4 Å². The number of nitrogens with one attached hydrogen (secondary N) is 1. The predicted molar refractivity (Wildman–Crippen MR) is 76.2 cm³/mol. The molecule has 1 N–H and O–H groups in total. The fraction of sp³-hybridized carbons (Fsp3) is 0.500. The van der Waals surface area contributed by atoms with Crippen molar-refractivity contribution in [3.8, 4) is 0 Å². The van der Waals surface area contributed by atoms with Gasteiger partial charge in [0.05, 0.1) is 5.56 Å². The number of hydrogen-bond acceptors (Lipinski definition) is 2. The predicted octanol–water partition coefficient (Wildman–Crippen LogP) is 2.36. The highest BCUT2D eigenvalue weighted by Gasteiger charge is 2.47. The molecule has 3 rings (SSSR count). The number of piperazine rings is 1. The first kappa shape index (κ1) is 15.8. The number of carbonyl (C=O) groups excluding carboxylic acids is 2. The molecule has 2 aliphatic rings. The Morgan fingerprint density at radius 1 is 1.30 bits per heavy atom. The monoisotopic (exact) mass is 326 g/mol. The highest BCUT2D eigenvalue weighted by molar-refractivity contribution is 5.91. The Labute approximate surface area is 131 Å². The normalized spacial score (nSPS) is 27.6. The number of benzene rings is 1. The van der Waals surface area contributed by atoms with Gasteiger partial charge in [-0.25, -0.2) is 0 Å². The number of alkyl halides is 3. The Kier molecular flexibility index (Phi) is 3.82. The molecule has 1 aliphatic heterocycles. The van der Waals surface area contributed by atoms with Crippen molar-refractivity contribution in [2.75, 3.05) is 13.1 Å². The van der Waals surface area contributed by atoms with Crippen LogP contribution in [0, 0.1) is 11.8 Å². The zero-order valence-corrected chi connectivity index (χ0v) is 12.6. The van der Waals surface area contributed by atoms with Crippen LogP contribution in [-0.4, -0.2) is 29.8 Å². The van der Waals surface area contributed by atoms with Crippen LogP contribution in [0.4, 0.5) is 13.2 Å². The summed E-state index contributed by atoms with van der Waals surface area (Å²) in [6.45, 7) is 2.41. The molecule has 1 saturated carbocycles. The van der Waals surface area contributed by atoms with E-state index in [0.29, 0.717) is 0 Å². The minimum absolute atomic E-state index is 0.168. The summed E-state index contributed by atoms with van der Waals surface area (Å²) in [7, 11) is 0. The van der Waals surface area contributed by atoms with E-state index in [4.69, 9.17) is 0 Å². The van der Waals surface area contributed by atoms with Crippen molar-refractivity contribution in [3.63, 3.8) is 0 Å². The van der Waals surface area contributed by atoms with Gasteiger partial charge in [-0.05, 0) is 24.0 Å². The topological polar surface area (TPSA) is 49.4 Å². The van der Waals surface area contributed by atoms with E-state index < -0.39 is 23.7 Å². The summed E-state index contributed by atoms with van der Waals surface area (Å²) < 4.78 is 39.8. The first-order valence-electron chi connectivity index (χ1n) is 7.55. The van der Waals surface area contributed by atoms with Gasteiger partial charge in [0.1, 0.15) is 6.04 Å². The van der Waals surface area contributed by atoms with Gasteiger partial charge in [0.25, 0.3) is 0 Å². The summed E-state index contributed by atoms with van der Waals surface area (Å²) in [5, 5.41) is 2.56. The molecule has 2 amide bonds. The van der Waals surface area contributed by atoms with Gasteiger partial charge in [-0.15, -0.1) is 0 Å². The van der Waals surface area contributed by atoms with E-state index in [0.717, 1.165) is 12.5 Å². The van der Waals surface area contributed by atoms with Crippen molar-refractivity contribution >= 4 is 11.8 Å². The molecule has 1 saturated heterocycles. The summed E-state index contributed by atoms with van der Waals surface area (Å²) in [6, 6.07) is 3.73. The summed E-state index contributed by atoms with van der Waals surface area (Å²) in [4.78, 5) is 26.1. The molecule has 0 unspecified atom stereocenters. The van der Waals surface area contributed by atoms with Crippen LogP contribution < -0.4 is 5.32 Å². The molecular weight excluding hydrogens is 309 g/mol. The number of rotatable bonds is 2. The zero-order valence-electron chi connectivity index (χ0n) is 12.6. The quantitative estimate of drug-likeness (QED) is 0.907. The van der Waals surface area contributed by atoms with Gasteiger partial charge in [0.15, 0.2) is 0 Å². The average Bonchev–Trinajstić information content (AvgIpc) is 3.22. The van der Waals surface area contributed by atoms with Crippen molar-refractivity contribution in [2.24, 2.45) is 11.8 Å². The molecule has 23 heavy (non-hydrogen) atoms.